The van der Waals surface area contributed by atoms with E-state index < -0.39 is 0 Å². The van der Waals surface area contributed by atoms with Crippen LogP contribution in [0.3, 0.4) is 0 Å². The Morgan fingerprint density at radius 1 is 1.70 bits per heavy atom. The summed E-state index contributed by atoms with van der Waals surface area (Å²) >= 11 is 5.10. The van der Waals surface area contributed by atoms with Crippen molar-refractivity contribution >= 4 is 27.3 Å². The number of thiophene rings is 1. The standard InChI is InChI=1S/C7H10BrNS/c1-2-5(9)6-3-4-7(8)10-6/h3-5H,2,9H2,1H3/t5-/m0/s1. The van der Waals surface area contributed by atoms with Gasteiger partial charge in [-0.25, -0.2) is 0 Å². The average Bonchev–Trinajstić information content (AvgIpc) is 2.34. The minimum atomic E-state index is 0.219. The van der Waals surface area contributed by atoms with Gasteiger partial charge in [-0.1, -0.05) is 6.92 Å². The Labute approximate surface area is 73.4 Å². The summed E-state index contributed by atoms with van der Waals surface area (Å²) in [6.07, 6.45) is 1.01. The zero-order valence-corrected chi connectivity index (χ0v) is 8.21. The third-order valence-corrected chi connectivity index (χ3v) is 3.15. The molecule has 0 spiro atoms. The summed E-state index contributed by atoms with van der Waals surface area (Å²) in [5, 5.41) is 0. The lowest BCUT2D eigenvalue weighted by Crippen LogP contribution is -2.05. The highest BCUT2D eigenvalue weighted by Gasteiger charge is 2.04. The maximum absolute atomic E-state index is 5.80. The van der Waals surface area contributed by atoms with Gasteiger partial charge in [-0.3, -0.25) is 0 Å². The molecule has 0 unspecified atom stereocenters. The van der Waals surface area contributed by atoms with Crippen LogP contribution < -0.4 is 5.73 Å². The first kappa shape index (κ1) is 8.24. The highest BCUT2D eigenvalue weighted by molar-refractivity contribution is 9.11. The van der Waals surface area contributed by atoms with Gasteiger partial charge in [0.15, 0.2) is 0 Å². The third-order valence-electron chi connectivity index (χ3n) is 1.40. The van der Waals surface area contributed by atoms with E-state index in [1.807, 2.05) is 6.07 Å². The summed E-state index contributed by atoms with van der Waals surface area (Å²) in [6, 6.07) is 4.33. The highest BCUT2D eigenvalue weighted by atomic mass is 79.9. The molecule has 0 aliphatic rings. The first-order valence-electron chi connectivity index (χ1n) is 3.25. The normalized spacial score (nSPS) is 13.5. The molecule has 0 aliphatic heterocycles. The predicted octanol–water partition coefficient (Wildman–Crippen LogP) is 2.92. The molecule has 1 rings (SSSR count). The lowest BCUT2D eigenvalue weighted by atomic mass is 10.2. The zero-order valence-electron chi connectivity index (χ0n) is 5.80. The Morgan fingerprint density at radius 2 is 2.40 bits per heavy atom. The highest BCUT2D eigenvalue weighted by Crippen LogP contribution is 2.27. The largest absolute Gasteiger partial charge is 0.323 e. The van der Waals surface area contributed by atoms with Crippen molar-refractivity contribution in [2.24, 2.45) is 5.73 Å². The second kappa shape index (κ2) is 3.51. The molecule has 2 N–H and O–H groups in total. The molecule has 0 fully saturated rings. The topological polar surface area (TPSA) is 26.0 Å². The van der Waals surface area contributed by atoms with Gasteiger partial charge < -0.3 is 5.73 Å². The summed E-state index contributed by atoms with van der Waals surface area (Å²) in [7, 11) is 0. The summed E-state index contributed by atoms with van der Waals surface area (Å²) < 4.78 is 1.16. The van der Waals surface area contributed by atoms with E-state index in [1.165, 1.54) is 4.88 Å². The van der Waals surface area contributed by atoms with Gasteiger partial charge in [0, 0.05) is 10.9 Å². The smallest absolute Gasteiger partial charge is 0.0701 e. The van der Waals surface area contributed by atoms with E-state index in [9.17, 15) is 0 Å². The summed E-state index contributed by atoms with van der Waals surface area (Å²) in [6.45, 7) is 2.10. The van der Waals surface area contributed by atoms with Gasteiger partial charge in [-0.2, -0.15) is 0 Å². The molecule has 1 heterocycles. The summed E-state index contributed by atoms with van der Waals surface area (Å²) in [4.78, 5) is 1.26. The van der Waals surface area contributed by atoms with Crippen molar-refractivity contribution in [2.75, 3.05) is 0 Å². The first-order valence-corrected chi connectivity index (χ1v) is 4.85. The van der Waals surface area contributed by atoms with Crippen LogP contribution in [0.4, 0.5) is 0 Å². The van der Waals surface area contributed by atoms with Crippen molar-refractivity contribution < 1.29 is 0 Å². The number of nitrogens with two attached hydrogens (primary N) is 1. The molecular formula is C7H10BrNS. The second-order valence-electron chi connectivity index (χ2n) is 2.16. The van der Waals surface area contributed by atoms with Crippen molar-refractivity contribution in [3.63, 3.8) is 0 Å². The Kier molecular flexibility index (Phi) is 2.89. The molecule has 1 nitrogen and oxygen atoms in total. The molecule has 0 saturated heterocycles. The van der Waals surface area contributed by atoms with E-state index in [4.69, 9.17) is 5.73 Å². The summed E-state index contributed by atoms with van der Waals surface area (Å²) in [5.74, 6) is 0. The van der Waals surface area contributed by atoms with Crippen LogP contribution in [0, 0.1) is 0 Å². The van der Waals surface area contributed by atoms with Crippen LogP contribution in [0.2, 0.25) is 0 Å². The van der Waals surface area contributed by atoms with Crippen LogP contribution in [0.1, 0.15) is 24.3 Å². The van der Waals surface area contributed by atoms with Crippen LogP contribution >= 0.6 is 27.3 Å². The number of rotatable bonds is 2. The molecule has 0 amide bonds. The number of halogens is 1. The van der Waals surface area contributed by atoms with E-state index in [0.717, 1.165) is 10.2 Å². The van der Waals surface area contributed by atoms with Crippen molar-refractivity contribution in [2.45, 2.75) is 19.4 Å². The monoisotopic (exact) mass is 219 g/mol. The minimum Gasteiger partial charge on any atom is -0.323 e. The summed E-state index contributed by atoms with van der Waals surface area (Å²) in [5.41, 5.74) is 5.80. The van der Waals surface area contributed by atoms with E-state index in [2.05, 4.69) is 28.9 Å². The van der Waals surface area contributed by atoms with Crippen LogP contribution in [0.15, 0.2) is 15.9 Å². The molecule has 1 atom stereocenters. The minimum absolute atomic E-state index is 0.219. The van der Waals surface area contributed by atoms with Crippen molar-refractivity contribution in [1.82, 2.24) is 0 Å². The van der Waals surface area contributed by atoms with Gasteiger partial charge in [0.2, 0.25) is 0 Å². The van der Waals surface area contributed by atoms with E-state index in [0.29, 0.717) is 0 Å². The Morgan fingerprint density at radius 3 is 2.80 bits per heavy atom. The van der Waals surface area contributed by atoms with Crippen LogP contribution in [0.5, 0.6) is 0 Å². The van der Waals surface area contributed by atoms with Crippen LogP contribution in [0.25, 0.3) is 0 Å². The van der Waals surface area contributed by atoms with Crippen molar-refractivity contribution in [3.8, 4) is 0 Å². The molecule has 1 aromatic rings. The molecule has 1 aromatic heterocycles. The first-order chi connectivity index (χ1) is 4.74. The van der Waals surface area contributed by atoms with Gasteiger partial charge >= 0.3 is 0 Å². The van der Waals surface area contributed by atoms with E-state index >= 15 is 0 Å². The number of hydrogen-bond donors (Lipinski definition) is 1. The molecule has 0 aliphatic carbocycles. The lowest BCUT2D eigenvalue weighted by Gasteiger charge is -2.02. The van der Waals surface area contributed by atoms with Crippen molar-refractivity contribution in [3.05, 3.63) is 20.8 Å². The maximum Gasteiger partial charge on any atom is 0.0701 e. The quantitative estimate of drug-likeness (QED) is 0.814. The fourth-order valence-corrected chi connectivity index (χ4v) is 2.24. The SMILES string of the molecule is CC[C@H](N)c1ccc(Br)s1. The van der Waals surface area contributed by atoms with Gasteiger partial charge in [-0.15, -0.1) is 11.3 Å². The molecule has 56 valence electrons. The average molecular weight is 220 g/mol. The van der Waals surface area contributed by atoms with Gasteiger partial charge in [0.1, 0.15) is 0 Å². The van der Waals surface area contributed by atoms with Gasteiger partial charge in [0.25, 0.3) is 0 Å². The molecular weight excluding hydrogens is 210 g/mol. The Bertz CT molecular complexity index is 209. The van der Waals surface area contributed by atoms with Gasteiger partial charge in [0.05, 0.1) is 3.79 Å². The fraction of sp³-hybridized carbons (Fsp3) is 0.429. The van der Waals surface area contributed by atoms with Gasteiger partial charge in [-0.05, 0) is 34.5 Å². The second-order valence-corrected chi connectivity index (χ2v) is 4.65. The molecule has 0 aromatic carbocycles. The van der Waals surface area contributed by atoms with E-state index in [-0.39, 0.29) is 6.04 Å². The lowest BCUT2D eigenvalue weighted by molar-refractivity contribution is 0.712. The molecule has 0 radical (unpaired) electrons. The van der Waals surface area contributed by atoms with Crippen molar-refractivity contribution in [1.29, 1.82) is 0 Å². The zero-order chi connectivity index (χ0) is 7.56. The Balaban J connectivity index is 2.74. The molecule has 0 saturated carbocycles. The molecule has 3 heteroatoms. The van der Waals surface area contributed by atoms with Crippen LogP contribution in [-0.4, -0.2) is 0 Å². The third kappa shape index (κ3) is 1.81. The fourth-order valence-electron chi connectivity index (χ4n) is 0.729. The van der Waals surface area contributed by atoms with E-state index in [1.54, 1.807) is 11.3 Å². The molecule has 0 bridgehead atoms. The Hall–Kier alpha value is 0.140. The molecule has 10 heavy (non-hydrogen) atoms. The predicted molar refractivity (Wildman–Crippen MR) is 49.2 cm³/mol. The maximum atomic E-state index is 5.80. The number of hydrogen-bond acceptors (Lipinski definition) is 2. The van der Waals surface area contributed by atoms with Crippen LogP contribution in [-0.2, 0) is 0 Å².